The maximum atomic E-state index is 2.39. The van der Waals surface area contributed by atoms with Crippen molar-refractivity contribution >= 4 is 0 Å². The smallest absolute Gasteiger partial charge is 0.00356 e. The Kier molecular flexibility index (Phi) is 4.76. The van der Waals surface area contributed by atoms with Crippen LogP contribution in [-0.4, -0.2) is 24.5 Å². The minimum atomic E-state index is 0.257. The summed E-state index contributed by atoms with van der Waals surface area (Å²) in [6.07, 6.45) is 1.14. The lowest BCUT2D eigenvalue weighted by Crippen LogP contribution is -2.28. The summed E-state index contributed by atoms with van der Waals surface area (Å²) in [5.74, 6) is 0. The van der Waals surface area contributed by atoms with Crippen molar-refractivity contribution in [2.45, 2.75) is 52.5 Å². The molecule has 1 rings (SSSR count). The summed E-state index contributed by atoms with van der Waals surface area (Å²) in [7, 11) is 2.19. The van der Waals surface area contributed by atoms with Crippen LogP contribution in [0.2, 0.25) is 0 Å². The van der Waals surface area contributed by atoms with Crippen LogP contribution in [0.4, 0.5) is 0 Å². The van der Waals surface area contributed by atoms with Gasteiger partial charge in [-0.25, -0.2) is 0 Å². The lowest BCUT2D eigenvalue weighted by molar-refractivity contribution is 0.277. The minimum Gasteiger partial charge on any atom is -0.304 e. The Balaban J connectivity index is 2.57. The molecule has 0 aliphatic heterocycles. The van der Waals surface area contributed by atoms with Crippen LogP contribution in [0.5, 0.6) is 0 Å². The van der Waals surface area contributed by atoms with Gasteiger partial charge in [0.25, 0.3) is 0 Å². The van der Waals surface area contributed by atoms with E-state index >= 15 is 0 Å². The Hall–Kier alpha value is -0.820. The summed E-state index contributed by atoms with van der Waals surface area (Å²) in [5.41, 5.74) is 3.11. The Bertz CT molecular complexity index is 330. The number of hydrogen-bond donors (Lipinski definition) is 0. The molecule has 0 spiro atoms. The zero-order chi connectivity index (χ0) is 13.1. The highest BCUT2D eigenvalue weighted by Crippen LogP contribution is 2.22. The maximum absolute atomic E-state index is 2.39. The van der Waals surface area contributed by atoms with Gasteiger partial charge in [0.2, 0.25) is 0 Å². The van der Waals surface area contributed by atoms with E-state index in [2.05, 4.69) is 70.8 Å². The molecular formula is C16H27N. The maximum Gasteiger partial charge on any atom is 0.00356 e. The van der Waals surface area contributed by atoms with Crippen molar-refractivity contribution in [2.24, 2.45) is 0 Å². The zero-order valence-electron chi connectivity index (χ0n) is 12.2. The molecule has 0 amide bonds. The molecule has 0 saturated heterocycles. The second-order valence-electron chi connectivity index (χ2n) is 6.27. The first-order chi connectivity index (χ1) is 7.80. The lowest BCUT2D eigenvalue weighted by Gasteiger charge is -2.22. The standard InChI is InChI=1S/C16H27N/c1-13(2)17(6)12-11-14-7-9-15(10-8-14)16(3,4)5/h7-10,13H,11-12H2,1-6H3. The van der Waals surface area contributed by atoms with Crippen molar-refractivity contribution in [1.29, 1.82) is 0 Å². The van der Waals surface area contributed by atoms with Gasteiger partial charge in [-0.05, 0) is 43.9 Å². The van der Waals surface area contributed by atoms with Crippen molar-refractivity contribution in [3.63, 3.8) is 0 Å². The fourth-order valence-corrected chi connectivity index (χ4v) is 1.74. The van der Waals surface area contributed by atoms with Crippen LogP contribution in [0.3, 0.4) is 0 Å². The second kappa shape index (κ2) is 5.68. The molecule has 0 radical (unpaired) electrons. The van der Waals surface area contributed by atoms with E-state index in [1.165, 1.54) is 11.1 Å². The Labute approximate surface area is 107 Å². The molecule has 1 aromatic carbocycles. The number of hydrogen-bond acceptors (Lipinski definition) is 1. The van der Waals surface area contributed by atoms with Crippen LogP contribution < -0.4 is 0 Å². The van der Waals surface area contributed by atoms with E-state index in [9.17, 15) is 0 Å². The van der Waals surface area contributed by atoms with E-state index in [0.29, 0.717) is 6.04 Å². The average molecular weight is 233 g/mol. The third-order valence-corrected chi connectivity index (χ3v) is 3.45. The molecule has 1 heteroatoms. The van der Waals surface area contributed by atoms with Crippen LogP contribution in [-0.2, 0) is 11.8 Å². The normalized spacial score (nSPS) is 12.5. The van der Waals surface area contributed by atoms with E-state index in [1.54, 1.807) is 0 Å². The van der Waals surface area contributed by atoms with Crippen molar-refractivity contribution in [2.75, 3.05) is 13.6 Å². The molecule has 0 atom stereocenters. The fraction of sp³-hybridized carbons (Fsp3) is 0.625. The van der Waals surface area contributed by atoms with Gasteiger partial charge >= 0.3 is 0 Å². The summed E-state index contributed by atoms with van der Waals surface area (Å²) < 4.78 is 0. The molecule has 0 aromatic heterocycles. The first-order valence-corrected chi connectivity index (χ1v) is 6.60. The minimum absolute atomic E-state index is 0.257. The first-order valence-electron chi connectivity index (χ1n) is 6.60. The average Bonchev–Trinajstić information content (AvgIpc) is 2.25. The van der Waals surface area contributed by atoms with E-state index in [4.69, 9.17) is 0 Å². The first kappa shape index (κ1) is 14.2. The predicted molar refractivity (Wildman–Crippen MR) is 76.6 cm³/mol. The van der Waals surface area contributed by atoms with E-state index in [-0.39, 0.29) is 5.41 Å². The summed E-state index contributed by atoms with van der Waals surface area (Å²) in [5, 5.41) is 0. The third-order valence-electron chi connectivity index (χ3n) is 3.45. The van der Waals surface area contributed by atoms with Gasteiger partial charge in [-0.1, -0.05) is 45.0 Å². The van der Waals surface area contributed by atoms with Crippen molar-refractivity contribution in [1.82, 2.24) is 4.90 Å². The predicted octanol–water partition coefficient (Wildman–Crippen LogP) is 3.87. The van der Waals surface area contributed by atoms with E-state index < -0.39 is 0 Å². The SMILES string of the molecule is CC(C)N(C)CCc1ccc(C(C)(C)C)cc1. The summed E-state index contributed by atoms with van der Waals surface area (Å²) in [6, 6.07) is 9.71. The van der Waals surface area contributed by atoms with E-state index in [0.717, 1.165) is 13.0 Å². The molecule has 0 unspecified atom stereocenters. The van der Waals surface area contributed by atoms with Gasteiger partial charge in [-0.3, -0.25) is 0 Å². The molecule has 17 heavy (non-hydrogen) atoms. The molecule has 0 heterocycles. The van der Waals surface area contributed by atoms with Gasteiger partial charge in [0.1, 0.15) is 0 Å². The Morgan fingerprint density at radius 2 is 1.59 bits per heavy atom. The van der Waals surface area contributed by atoms with Crippen molar-refractivity contribution in [3.05, 3.63) is 35.4 Å². The third kappa shape index (κ3) is 4.51. The molecule has 1 aromatic rings. The van der Waals surface area contributed by atoms with Crippen LogP contribution >= 0.6 is 0 Å². The lowest BCUT2D eigenvalue weighted by atomic mass is 9.86. The fourth-order valence-electron chi connectivity index (χ4n) is 1.74. The molecule has 1 nitrogen and oxygen atoms in total. The monoisotopic (exact) mass is 233 g/mol. The van der Waals surface area contributed by atoms with E-state index in [1.807, 2.05) is 0 Å². The van der Waals surface area contributed by atoms with Crippen molar-refractivity contribution < 1.29 is 0 Å². The molecule has 0 bridgehead atoms. The van der Waals surface area contributed by atoms with Gasteiger partial charge in [0, 0.05) is 12.6 Å². The molecule has 0 fully saturated rings. The molecule has 0 N–H and O–H groups in total. The van der Waals surface area contributed by atoms with Gasteiger partial charge in [0.15, 0.2) is 0 Å². The quantitative estimate of drug-likeness (QED) is 0.763. The zero-order valence-corrected chi connectivity index (χ0v) is 12.2. The van der Waals surface area contributed by atoms with Crippen molar-refractivity contribution in [3.8, 4) is 0 Å². The number of benzene rings is 1. The molecular weight excluding hydrogens is 206 g/mol. The number of nitrogens with zero attached hydrogens (tertiary/aromatic N) is 1. The van der Waals surface area contributed by atoms with Crippen LogP contribution in [0, 0.1) is 0 Å². The molecule has 0 aliphatic rings. The summed E-state index contributed by atoms with van der Waals surface area (Å²) in [4.78, 5) is 2.39. The largest absolute Gasteiger partial charge is 0.304 e. The van der Waals surface area contributed by atoms with Crippen LogP contribution in [0.15, 0.2) is 24.3 Å². The summed E-state index contributed by atoms with van der Waals surface area (Å²) in [6.45, 7) is 12.4. The highest BCUT2D eigenvalue weighted by Gasteiger charge is 2.12. The van der Waals surface area contributed by atoms with Crippen LogP contribution in [0.1, 0.15) is 45.7 Å². The van der Waals surface area contributed by atoms with Gasteiger partial charge < -0.3 is 4.90 Å². The van der Waals surface area contributed by atoms with Crippen LogP contribution in [0.25, 0.3) is 0 Å². The Morgan fingerprint density at radius 1 is 1.06 bits per heavy atom. The molecule has 0 aliphatic carbocycles. The topological polar surface area (TPSA) is 3.24 Å². The Morgan fingerprint density at radius 3 is 2.00 bits per heavy atom. The molecule has 0 saturated carbocycles. The second-order valence-corrected chi connectivity index (χ2v) is 6.27. The number of rotatable bonds is 4. The summed E-state index contributed by atoms with van der Waals surface area (Å²) >= 11 is 0. The van der Waals surface area contributed by atoms with Gasteiger partial charge in [-0.2, -0.15) is 0 Å². The van der Waals surface area contributed by atoms with Gasteiger partial charge in [0.05, 0.1) is 0 Å². The molecule has 96 valence electrons. The number of likely N-dealkylation sites (N-methyl/N-ethyl adjacent to an activating group) is 1. The van der Waals surface area contributed by atoms with Gasteiger partial charge in [-0.15, -0.1) is 0 Å². The highest BCUT2D eigenvalue weighted by atomic mass is 15.1. The highest BCUT2D eigenvalue weighted by molar-refractivity contribution is 5.27.